The smallest absolute Gasteiger partial charge is 0.177 e. The summed E-state index contributed by atoms with van der Waals surface area (Å²) in [4.78, 5) is 20.2. The molecule has 0 aliphatic carbocycles. The van der Waals surface area contributed by atoms with Crippen LogP contribution in [0.25, 0.3) is 0 Å². The van der Waals surface area contributed by atoms with Crippen molar-refractivity contribution in [3.8, 4) is 0 Å². The largest absolute Gasteiger partial charge is 0.290 e. The number of hydrogen-bond acceptors (Lipinski definition) is 3. The summed E-state index contributed by atoms with van der Waals surface area (Å²) in [6.07, 6.45) is 14.0. The van der Waals surface area contributed by atoms with Crippen LogP contribution < -0.4 is 0 Å². The molecule has 0 aliphatic rings. The molecule has 0 fully saturated rings. The number of pyridine rings is 2. The maximum absolute atomic E-state index is 11.7. The lowest BCUT2D eigenvalue weighted by molar-refractivity contribution is -0.110. The summed E-state index contributed by atoms with van der Waals surface area (Å²) in [5.74, 6) is 0.0297. The van der Waals surface area contributed by atoms with E-state index in [0.717, 1.165) is 37.1 Å². The van der Waals surface area contributed by atoms with E-state index >= 15 is 0 Å². The molecule has 3 nitrogen and oxygen atoms in total. The molecule has 0 spiro atoms. The number of rotatable bonds is 8. The van der Waals surface area contributed by atoms with Crippen LogP contribution in [0.2, 0.25) is 0 Å². The summed E-state index contributed by atoms with van der Waals surface area (Å²) in [5.41, 5.74) is 2.09. The van der Waals surface area contributed by atoms with Gasteiger partial charge in [0.1, 0.15) is 0 Å². The number of ketones is 1. The van der Waals surface area contributed by atoms with Crippen molar-refractivity contribution in [3.05, 3.63) is 84.5 Å². The van der Waals surface area contributed by atoms with Gasteiger partial charge in [0.25, 0.3) is 0 Å². The number of hydrogen-bond donors (Lipinski definition) is 0. The summed E-state index contributed by atoms with van der Waals surface area (Å²) >= 11 is 0. The highest BCUT2D eigenvalue weighted by Crippen LogP contribution is 2.01. The van der Waals surface area contributed by atoms with Gasteiger partial charge < -0.3 is 0 Å². The van der Waals surface area contributed by atoms with Crippen LogP contribution in [-0.4, -0.2) is 15.8 Å². The quantitative estimate of drug-likeness (QED) is 0.696. The van der Waals surface area contributed by atoms with Gasteiger partial charge in [0.05, 0.1) is 0 Å². The molecule has 0 saturated heterocycles. The molecule has 0 radical (unpaired) electrons. The average Bonchev–Trinajstić information content (AvgIpc) is 2.57. The number of carbonyl (C=O) groups is 1. The van der Waals surface area contributed by atoms with E-state index in [1.807, 2.05) is 48.6 Å². The Morgan fingerprint density at radius 2 is 1.32 bits per heavy atom. The minimum absolute atomic E-state index is 0.0297. The highest BCUT2D eigenvalue weighted by atomic mass is 16.1. The molecule has 0 aliphatic heterocycles. The molecule has 0 N–H and O–H groups in total. The van der Waals surface area contributed by atoms with Crippen LogP contribution in [0, 0.1) is 0 Å². The Morgan fingerprint density at radius 1 is 0.818 bits per heavy atom. The second-order valence-corrected chi connectivity index (χ2v) is 4.93. The van der Waals surface area contributed by atoms with Gasteiger partial charge in [0, 0.05) is 23.8 Å². The molecule has 0 aromatic carbocycles. The second-order valence-electron chi connectivity index (χ2n) is 4.93. The summed E-state index contributed by atoms with van der Waals surface area (Å²) in [7, 11) is 0. The Balaban J connectivity index is 1.64. The van der Waals surface area contributed by atoms with E-state index < -0.39 is 0 Å². The third-order valence-corrected chi connectivity index (χ3v) is 3.15. The first kappa shape index (κ1) is 15.8. The van der Waals surface area contributed by atoms with Crippen molar-refractivity contribution in [2.45, 2.75) is 25.7 Å². The van der Waals surface area contributed by atoms with Gasteiger partial charge in [-0.25, -0.2) is 0 Å². The lowest BCUT2D eigenvalue weighted by Gasteiger charge is -1.95. The third kappa shape index (κ3) is 6.27. The second kappa shape index (κ2) is 9.40. The summed E-state index contributed by atoms with van der Waals surface area (Å²) in [6.45, 7) is 0. The zero-order valence-electron chi connectivity index (χ0n) is 12.6. The minimum atomic E-state index is 0.0297. The molecule has 0 unspecified atom stereocenters. The minimum Gasteiger partial charge on any atom is -0.290 e. The fraction of sp³-hybridized carbons (Fsp3) is 0.211. The zero-order valence-corrected chi connectivity index (χ0v) is 12.6. The Morgan fingerprint density at radius 3 is 1.73 bits per heavy atom. The summed E-state index contributed by atoms with van der Waals surface area (Å²) < 4.78 is 0. The fourth-order valence-electron chi connectivity index (χ4n) is 2.01. The fourth-order valence-corrected chi connectivity index (χ4v) is 2.01. The molecule has 0 saturated carbocycles. The predicted molar refractivity (Wildman–Crippen MR) is 88.4 cm³/mol. The highest BCUT2D eigenvalue weighted by molar-refractivity contribution is 5.99. The molecule has 2 rings (SSSR count). The van der Waals surface area contributed by atoms with Crippen molar-refractivity contribution >= 4 is 5.78 Å². The first-order chi connectivity index (χ1) is 10.8. The molecule has 2 aromatic rings. The van der Waals surface area contributed by atoms with Crippen molar-refractivity contribution in [2.24, 2.45) is 0 Å². The molecule has 0 bridgehead atoms. The van der Waals surface area contributed by atoms with Crippen molar-refractivity contribution in [1.82, 2.24) is 9.97 Å². The van der Waals surface area contributed by atoms with Crippen molar-refractivity contribution in [2.75, 3.05) is 0 Å². The van der Waals surface area contributed by atoms with Crippen LogP contribution in [0.15, 0.2) is 73.1 Å². The maximum atomic E-state index is 11.7. The number of aryl methyl sites for hydroxylation is 2. The van der Waals surface area contributed by atoms with Gasteiger partial charge in [-0.1, -0.05) is 24.3 Å². The summed E-state index contributed by atoms with van der Waals surface area (Å²) in [5, 5.41) is 0. The van der Waals surface area contributed by atoms with Crippen LogP contribution in [0.4, 0.5) is 0 Å². The molecule has 2 aromatic heterocycles. The van der Waals surface area contributed by atoms with Gasteiger partial charge in [0.2, 0.25) is 0 Å². The summed E-state index contributed by atoms with van der Waals surface area (Å²) in [6, 6.07) is 11.7. The Hall–Kier alpha value is -2.55. The first-order valence-corrected chi connectivity index (χ1v) is 7.51. The zero-order chi connectivity index (χ0) is 15.5. The monoisotopic (exact) mass is 292 g/mol. The molecule has 22 heavy (non-hydrogen) atoms. The highest BCUT2D eigenvalue weighted by Gasteiger charge is 1.93. The molecule has 2 heterocycles. The maximum Gasteiger partial charge on any atom is 0.177 e. The third-order valence-electron chi connectivity index (χ3n) is 3.15. The molecule has 0 atom stereocenters. The Kier molecular flexibility index (Phi) is 6.76. The van der Waals surface area contributed by atoms with Gasteiger partial charge in [-0.3, -0.25) is 14.8 Å². The van der Waals surface area contributed by atoms with Crippen LogP contribution in [0.5, 0.6) is 0 Å². The number of carbonyl (C=O) groups excluding carboxylic acids is 1. The van der Waals surface area contributed by atoms with Gasteiger partial charge in [0.15, 0.2) is 5.78 Å². The number of aromatic nitrogens is 2. The number of allylic oxidation sites excluding steroid dienone is 4. The topological polar surface area (TPSA) is 42.9 Å². The molecular weight excluding hydrogens is 272 g/mol. The molecule has 0 amide bonds. The van der Waals surface area contributed by atoms with E-state index in [2.05, 4.69) is 9.97 Å². The van der Waals surface area contributed by atoms with E-state index in [4.69, 9.17) is 0 Å². The molecular formula is C19H20N2O. The SMILES string of the molecule is O=C(C=CCCc1ccccn1)C=CCCc1ccccn1. The van der Waals surface area contributed by atoms with E-state index in [0.29, 0.717) is 0 Å². The van der Waals surface area contributed by atoms with E-state index in [1.165, 1.54) is 0 Å². The Labute approximate surface area is 131 Å². The standard InChI is InChI=1S/C19H20N2O/c22-19(13-3-1-9-17-11-5-7-15-20-17)14-4-2-10-18-12-6-8-16-21-18/h3-8,11-16H,1-2,9-10H2. The lowest BCUT2D eigenvalue weighted by Crippen LogP contribution is -1.90. The average molecular weight is 292 g/mol. The van der Waals surface area contributed by atoms with Gasteiger partial charge >= 0.3 is 0 Å². The van der Waals surface area contributed by atoms with Crippen LogP contribution in [-0.2, 0) is 17.6 Å². The predicted octanol–water partition coefficient (Wildman–Crippen LogP) is 3.72. The first-order valence-electron chi connectivity index (χ1n) is 7.51. The van der Waals surface area contributed by atoms with Crippen molar-refractivity contribution in [3.63, 3.8) is 0 Å². The number of nitrogens with zero attached hydrogens (tertiary/aromatic N) is 2. The lowest BCUT2D eigenvalue weighted by atomic mass is 10.2. The van der Waals surface area contributed by atoms with E-state index in [-0.39, 0.29) is 5.78 Å². The Bertz CT molecular complexity index is 563. The normalized spacial score (nSPS) is 11.3. The van der Waals surface area contributed by atoms with E-state index in [1.54, 1.807) is 24.5 Å². The van der Waals surface area contributed by atoms with Crippen LogP contribution in [0.3, 0.4) is 0 Å². The van der Waals surface area contributed by atoms with Crippen molar-refractivity contribution in [1.29, 1.82) is 0 Å². The van der Waals surface area contributed by atoms with E-state index in [9.17, 15) is 4.79 Å². The van der Waals surface area contributed by atoms with Gasteiger partial charge in [-0.05, 0) is 62.1 Å². The van der Waals surface area contributed by atoms with Gasteiger partial charge in [-0.15, -0.1) is 0 Å². The van der Waals surface area contributed by atoms with Crippen molar-refractivity contribution < 1.29 is 4.79 Å². The van der Waals surface area contributed by atoms with Crippen LogP contribution >= 0.6 is 0 Å². The molecule has 3 heteroatoms. The molecule has 112 valence electrons. The van der Waals surface area contributed by atoms with Gasteiger partial charge in [-0.2, -0.15) is 0 Å². The van der Waals surface area contributed by atoms with Crippen LogP contribution in [0.1, 0.15) is 24.2 Å².